The Hall–Kier alpha value is -2.77. The van der Waals surface area contributed by atoms with Crippen molar-refractivity contribution in [3.8, 4) is 11.6 Å². The van der Waals surface area contributed by atoms with Crippen LogP contribution >= 0.6 is 0 Å². The van der Waals surface area contributed by atoms with E-state index in [1.807, 2.05) is 9.80 Å². The fraction of sp³-hybridized carbons (Fsp3) is 0.421. The number of anilines is 1. The molecule has 0 bridgehead atoms. The van der Waals surface area contributed by atoms with Crippen molar-refractivity contribution in [1.29, 1.82) is 0 Å². The average molecular weight is 374 g/mol. The van der Waals surface area contributed by atoms with Crippen molar-refractivity contribution < 1.29 is 18.3 Å². The monoisotopic (exact) mass is 374 g/mol. The van der Waals surface area contributed by atoms with Gasteiger partial charge in [0.25, 0.3) is 0 Å². The second-order valence-electron chi connectivity index (χ2n) is 6.83. The molecular formula is C19H20F2N4O2. The minimum absolute atomic E-state index is 0.100. The lowest BCUT2D eigenvalue weighted by molar-refractivity contribution is -0.138. The molecule has 1 aromatic carbocycles. The largest absolute Gasteiger partial charge is 0.436 e. The van der Waals surface area contributed by atoms with E-state index in [0.29, 0.717) is 32.0 Å². The van der Waals surface area contributed by atoms with Crippen molar-refractivity contribution in [2.75, 3.05) is 31.1 Å². The molecule has 1 saturated heterocycles. The molecule has 0 spiro atoms. The molecule has 1 amide bonds. The second-order valence-corrected chi connectivity index (χ2v) is 6.83. The molecule has 1 saturated carbocycles. The van der Waals surface area contributed by atoms with Crippen LogP contribution in [0.2, 0.25) is 0 Å². The Morgan fingerprint density at radius 1 is 1.07 bits per heavy atom. The Bertz CT molecular complexity index is 836. The highest BCUT2D eigenvalue weighted by Crippen LogP contribution is 2.29. The number of nitrogens with zero attached hydrogens (tertiary/aromatic N) is 4. The molecule has 2 heterocycles. The second kappa shape index (κ2) is 7.46. The van der Waals surface area contributed by atoms with Gasteiger partial charge in [0, 0.05) is 44.2 Å². The number of ether oxygens (including phenoxy) is 1. The topological polar surface area (TPSA) is 58.6 Å². The van der Waals surface area contributed by atoms with Crippen molar-refractivity contribution in [1.82, 2.24) is 14.9 Å². The summed E-state index contributed by atoms with van der Waals surface area (Å²) < 4.78 is 32.2. The number of aromatic nitrogens is 2. The molecule has 1 aliphatic heterocycles. The van der Waals surface area contributed by atoms with Crippen LogP contribution in [0.1, 0.15) is 19.3 Å². The first kappa shape index (κ1) is 17.6. The summed E-state index contributed by atoms with van der Waals surface area (Å²) in [6.07, 6.45) is 4.50. The number of hydrogen-bond acceptors (Lipinski definition) is 5. The Morgan fingerprint density at radius 3 is 2.52 bits per heavy atom. The van der Waals surface area contributed by atoms with E-state index in [0.717, 1.165) is 31.4 Å². The predicted octanol–water partition coefficient (Wildman–Crippen LogP) is 3.00. The van der Waals surface area contributed by atoms with Gasteiger partial charge >= 0.3 is 0 Å². The maximum atomic E-state index is 13.8. The Balaban J connectivity index is 1.40. The standard InChI is InChI=1S/C19H20F2N4O2/c20-14-4-5-16(15(21)10-14)27-18-11-17(22-12-23-18)24-6-8-25(9-7-24)19(26)13-2-1-3-13/h4-5,10-13H,1-3,6-9H2. The quantitative estimate of drug-likeness (QED) is 0.824. The smallest absolute Gasteiger partial charge is 0.225 e. The van der Waals surface area contributed by atoms with E-state index in [-0.39, 0.29) is 23.5 Å². The SMILES string of the molecule is O=C(C1CCC1)N1CCN(c2cc(Oc3ccc(F)cc3F)ncn2)CC1. The number of hydrogen-bond donors (Lipinski definition) is 0. The van der Waals surface area contributed by atoms with Crippen LogP contribution in [0, 0.1) is 17.6 Å². The van der Waals surface area contributed by atoms with Gasteiger partial charge in [-0.05, 0) is 25.0 Å². The number of carbonyl (C=O) groups excluding carboxylic acids is 1. The predicted molar refractivity (Wildman–Crippen MR) is 94.6 cm³/mol. The average Bonchev–Trinajstić information content (AvgIpc) is 2.63. The van der Waals surface area contributed by atoms with Crippen molar-refractivity contribution in [3.63, 3.8) is 0 Å². The van der Waals surface area contributed by atoms with Gasteiger partial charge in [0.15, 0.2) is 11.6 Å². The van der Waals surface area contributed by atoms with Gasteiger partial charge in [-0.15, -0.1) is 0 Å². The molecular weight excluding hydrogens is 354 g/mol. The number of piperazine rings is 1. The van der Waals surface area contributed by atoms with Crippen molar-refractivity contribution in [2.24, 2.45) is 5.92 Å². The summed E-state index contributed by atoms with van der Waals surface area (Å²) in [5, 5.41) is 0. The summed E-state index contributed by atoms with van der Waals surface area (Å²) in [4.78, 5) is 24.5. The van der Waals surface area contributed by atoms with E-state index in [4.69, 9.17) is 4.74 Å². The Morgan fingerprint density at radius 2 is 1.85 bits per heavy atom. The fourth-order valence-electron chi connectivity index (χ4n) is 3.30. The van der Waals surface area contributed by atoms with Gasteiger partial charge in [-0.1, -0.05) is 6.42 Å². The maximum Gasteiger partial charge on any atom is 0.225 e. The first-order chi connectivity index (χ1) is 13.1. The number of benzene rings is 1. The molecule has 2 aromatic rings. The van der Waals surface area contributed by atoms with Crippen LogP contribution in [0.25, 0.3) is 0 Å². The molecule has 0 radical (unpaired) electrons. The van der Waals surface area contributed by atoms with Crippen molar-refractivity contribution in [3.05, 3.63) is 42.2 Å². The third-order valence-corrected chi connectivity index (χ3v) is 5.11. The Labute approximate surface area is 155 Å². The summed E-state index contributed by atoms with van der Waals surface area (Å²) in [7, 11) is 0. The third kappa shape index (κ3) is 3.84. The number of carbonyl (C=O) groups is 1. The molecule has 0 unspecified atom stereocenters. The zero-order chi connectivity index (χ0) is 18.8. The molecule has 27 heavy (non-hydrogen) atoms. The lowest BCUT2D eigenvalue weighted by atomic mass is 9.84. The van der Waals surface area contributed by atoms with Gasteiger partial charge in [0.1, 0.15) is 18.0 Å². The summed E-state index contributed by atoms with van der Waals surface area (Å²) in [5.41, 5.74) is 0. The molecule has 2 aliphatic rings. The molecule has 1 aliphatic carbocycles. The minimum Gasteiger partial charge on any atom is -0.436 e. The summed E-state index contributed by atoms with van der Waals surface area (Å²) in [6.45, 7) is 2.64. The van der Waals surface area contributed by atoms with E-state index in [2.05, 4.69) is 9.97 Å². The van der Waals surface area contributed by atoms with Gasteiger partial charge in [-0.2, -0.15) is 0 Å². The van der Waals surface area contributed by atoms with Gasteiger partial charge in [-0.25, -0.2) is 18.7 Å². The lowest BCUT2D eigenvalue weighted by Crippen LogP contribution is -2.51. The molecule has 142 valence electrons. The first-order valence-corrected chi connectivity index (χ1v) is 9.09. The van der Waals surface area contributed by atoms with E-state index >= 15 is 0 Å². The Kier molecular flexibility index (Phi) is 4.87. The van der Waals surface area contributed by atoms with Crippen LogP contribution in [-0.2, 0) is 4.79 Å². The fourth-order valence-corrected chi connectivity index (χ4v) is 3.30. The summed E-state index contributed by atoms with van der Waals surface area (Å²) >= 11 is 0. The number of halogens is 2. The molecule has 1 aromatic heterocycles. The van der Waals surface area contributed by atoms with E-state index in [9.17, 15) is 13.6 Å². The first-order valence-electron chi connectivity index (χ1n) is 9.09. The van der Waals surface area contributed by atoms with Crippen molar-refractivity contribution in [2.45, 2.75) is 19.3 Å². The van der Waals surface area contributed by atoms with Crippen molar-refractivity contribution >= 4 is 11.7 Å². The van der Waals surface area contributed by atoms with Crippen LogP contribution in [0.4, 0.5) is 14.6 Å². The zero-order valence-corrected chi connectivity index (χ0v) is 14.8. The maximum absolute atomic E-state index is 13.8. The molecule has 0 N–H and O–H groups in total. The lowest BCUT2D eigenvalue weighted by Gasteiger charge is -2.38. The van der Waals surface area contributed by atoms with Gasteiger partial charge in [0.05, 0.1) is 0 Å². The van der Waals surface area contributed by atoms with Crippen LogP contribution in [0.3, 0.4) is 0 Å². The van der Waals surface area contributed by atoms with Crippen LogP contribution in [0.5, 0.6) is 11.6 Å². The van der Waals surface area contributed by atoms with Gasteiger partial charge < -0.3 is 14.5 Å². The van der Waals surface area contributed by atoms with Crippen LogP contribution in [0.15, 0.2) is 30.6 Å². The molecule has 8 heteroatoms. The molecule has 4 rings (SSSR count). The third-order valence-electron chi connectivity index (χ3n) is 5.11. The van der Waals surface area contributed by atoms with E-state index < -0.39 is 11.6 Å². The molecule has 2 fully saturated rings. The van der Waals surface area contributed by atoms with Crippen LogP contribution in [-0.4, -0.2) is 47.0 Å². The minimum atomic E-state index is -0.793. The van der Waals surface area contributed by atoms with E-state index in [1.165, 1.54) is 12.4 Å². The highest BCUT2D eigenvalue weighted by atomic mass is 19.1. The van der Waals surface area contributed by atoms with Crippen LogP contribution < -0.4 is 9.64 Å². The van der Waals surface area contributed by atoms with Gasteiger partial charge in [-0.3, -0.25) is 4.79 Å². The molecule has 6 nitrogen and oxygen atoms in total. The highest BCUT2D eigenvalue weighted by molar-refractivity contribution is 5.79. The van der Waals surface area contributed by atoms with Gasteiger partial charge in [0.2, 0.25) is 11.8 Å². The summed E-state index contributed by atoms with van der Waals surface area (Å²) in [5.74, 6) is -0.259. The normalized spacial score (nSPS) is 17.6. The number of rotatable bonds is 4. The number of amides is 1. The van der Waals surface area contributed by atoms with E-state index in [1.54, 1.807) is 6.07 Å². The summed E-state index contributed by atoms with van der Waals surface area (Å²) in [6, 6.07) is 4.72. The zero-order valence-electron chi connectivity index (χ0n) is 14.8. The highest BCUT2D eigenvalue weighted by Gasteiger charge is 2.31. The molecule has 0 atom stereocenters.